The molecule has 0 saturated carbocycles. The molecule has 0 bridgehead atoms. The van der Waals surface area contributed by atoms with E-state index in [2.05, 4.69) is 41.1 Å². The number of piperazine rings is 1. The first-order valence-corrected chi connectivity index (χ1v) is 10.9. The van der Waals surface area contributed by atoms with Crippen LogP contribution in [0, 0.1) is 6.92 Å². The van der Waals surface area contributed by atoms with Crippen molar-refractivity contribution in [3.05, 3.63) is 95.9 Å². The quantitative estimate of drug-likeness (QED) is 0.480. The van der Waals surface area contributed by atoms with E-state index >= 15 is 0 Å². The maximum Gasteiger partial charge on any atom is 0.254 e. The molecule has 1 aliphatic rings. The number of amides is 1. The Morgan fingerprint density at radius 2 is 1.81 bits per heavy atom. The van der Waals surface area contributed by atoms with Crippen molar-refractivity contribution in [2.24, 2.45) is 0 Å². The molecule has 162 valence electrons. The minimum Gasteiger partial charge on any atom is -0.487 e. The van der Waals surface area contributed by atoms with Crippen LogP contribution in [0.2, 0.25) is 0 Å². The number of carbonyl (C=O) groups excluding carboxylic acids is 1. The second kappa shape index (κ2) is 8.75. The lowest BCUT2D eigenvalue weighted by atomic mass is 10.1. The van der Waals surface area contributed by atoms with E-state index in [1.54, 1.807) is 0 Å². The summed E-state index contributed by atoms with van der Waals surface area (Å²) in [6.45, 7) is 5.54. The van der Waals surface area contributed by atoms with E-state index in [4.69, 9.17) is 4.74 Å². The molecule has 6 heteroatoms. The van der Waals surface area contributed by atoms with Gasteiger partial charge in [0.25, 0.3) is 5.91 Å². The van der Waals surface area contributed by atoms with Crippen molar-refractivity contribution in [2.45, 2.75) is 13.5 Å². The lowest BCUT2D eigenvalue weighted by Crippen LogP contribution is -2.48. The monoisotopic (exact) mass is 426 g/mol. The molecule has 1 saturated heterocycles. The Balaban J connectivity index is 1.21. The number of hydrogen-bond acceptors (Lipinski definition) is 4. The standard InChI is InChI=1S/C26H26N4O2/c1-20-6-4-8-23(16-20)28-12-14-29(15-13-28)26(31)21-7-5-9-24(17-21)32-19-22-18-30-11-3-2-10-25(30)27-22/h2-11,16-18H,12-15,19H2,1H3. The minimum atomic E-state index is 0.0482. The third kappa shape index (κ3) is 4.30. The zero-order valence-electron chi connectivity index (χ0n) is 18.1. The van der Waals surface area contributed by atoms with E-state index in [1.807, 2.05) is 64.2 Å². The molecule has 1 fully saturated rings. The van der Waals surface area contributed by atoms with Crippen molar-refractivity contribution in [3.63, 3.8) is 0 Å². The van der Waals surface area contributed by atoms with Crippen molar-refractivity contribution in [3.8, 4) is 5.75 Å². The number of ether oxygens (including phenoxy) is 1. The summed E-state index contributed by atoms with van der Waals surface area (Å²) in [6.07, 6.45) is 3.92. The largest absolute Gasteiger partial charge is 0.487 e. The van der Waals surface area contributed by atoms with Gasteiger partial charge >= 0.3 is 0 Å². The molecule has 0 spiro atoms. The van der Waals surface area contributed by atoms with Crippen LogP contribution in [0.25, 0.3) is 5.65 Å². The number of carbonyl (C=O) groups is 1. The summed E-state index contributed by atoms with van der Waals surface area (Å²) in [6, 6.07) is 21.8. The SMILES string of the molecule is Cc1cccc(N2CCN(C(=O)c3cccc(OCc4cn5ccccc5n4)c3)CC2)c1. The molecule has 6 nitrogen and oxygen atoms in total. The van der Waals surface area contributed by atoms with Gasteiger partial charge in [0.2, 0.25) is 0 Å². The number of hydrogen-bond donors (Lipinski definition) is 0. The third-order valence-corrected chi connectivity index (χ3v) is 5.82. The molecule has 1 amide bonds. The molecule has 0 unspecified atom stereocenters. The predicted molar refractivity (Wildman–Crippen MR) is 125 cm³/mol. The summed E-state index contributed by atoms with van der Waals surface area (Å²) in [7, 11) is 0. The van der Waals surface area contributed by atoms with Gasteiger partial charge in [-0.25, -0.2) is 4.98 Å². The van der Waals surface area contributed by atoms with Gasteiger partial charge in [0.1, 0.15) is 18.0 Å². The lowest BCUT2D eigenvalue weighted by molar-refractivity contribution is 0.0746. The molecule has 32 heavy (non-hydrogen) atoms. The molecular weight excluding hydrogens is 400 g/mol. The van der Waals surface area contributed by atoms with E-state index in [1.165, 1.54) is 11.3 Å². The fourth-order valence-electron chi connectivity index (χ4n) is 4.11. The molecule has 0 N–H and O–H groups in total. The van der Waals surface area contributed by atoms with Crippen LogP contribution in [-0.4, -0.2) is 46.4 Å². The molecule has 3 heterocycles. The van der Waals surface area contributed by atoms with Crippen LogP contribution in [0.4, 0.5) is 5.69 Å². The van der Waals surface area contributed by atoms with Gasteiger partial charge in [-0.3, -0.25) is 4.79 Å². The summed E-state index contributed by atoms with van der Waals surface area (Å²) in [5, 5.41) is 0. The van der Waals surface area contributed by atoms with Crippen LogP contribution in [0.1, 0.15) is 21.6 Å². The van der Waals surface area contributed by atoms with Crippen LogP contribution in [0.3, 0.4) is 0 Å². The fourth-order valence-corrected chi connectivity index (χ4v) is 4.11. The number of pyridine rings is 1. The Labute approximate surface area is 187 Å². The Morgan fingerprint density at radius 3 is 2.62 bits per heavy atom. The Kier molecular flexibility index (Phi) is 5.50. The molecule has 0 radical (unpaired) electrons. The number of benzene rings is 2. The predicted octanol–water partition coefficient (Wildman–Crippen LogP) is 4.18. The van der Waals surface area contributed by atoms with Crippen LogP contribution < -0.4 is 9.64 Å². The Bertz CT molecular complexity index is 1210. The molecule has 2 aromatic heterocycles. The van der Waals surface area contributed by atoms with Gasteiger partial charge in [0.15, 0.2) is 0 Å². The highest BCUT2D eigenvalue weighted by Gasteiger charge is 2.22. The average Bonchev–Trinajstić information content (AvgIpc) is 3.26. The Hall–Kier alpha value is -3.80. The lowest BCUT2D eigenvalue weighted by Gasteiger charge is -2.36. The number of fused-ring (bicyclic) bond motifs is 1. The molecular formula is C26H26N4O2. The number of aromatic nitrogens is 2. The van der Waals surface area contributed by atoms with Crippen LogP contribution >= 0.6 is 0 Å². The van der Waals surface area contributed by atoms with Crippen LogP contribution in [-0.2, 0) is 6.61 Å². The molecule has 0 aliphatic carbocycles. The normalized spacial score (nSPS) is 14.0. The average molecular weight is 427 g/mol. The summed E-state index contributed by atoms with van der Waals surface area (Å²) in [4.78, 5) is 21.9. The van der Waals surface area contributed by atoms with Gasteiger partial charge in [-0.1, -0.05) is 24.3 Å². The van der Waals surface area contributed by atoms with Crippen molar-refractivity contribution in [1.82, 2.24) is 14.3 Å². The van der Waals surface area contributed by atoms with Gasteiger partial charge in [-0.15, -0.1) is 0 Å². The number of rotatable bonds is 5. The highest BCUT2D eigenvalue weighted by atomic mass is 16.5. The molecule has 5 rings (SSSR count). The van der Waals surface area contributed by atoms with Crippen molar-refractivity contribution >= 4 is 17.2 Å². The maximum absolute atomic E-state index is 13.1. The molecule has 1 aliphatic heterocycles. The molecule has 0 atom stereocenters. The number of aryl methyl sites for hydroxylation is 1. The Morgan fingerprint density at radius 1 is 0.969 bits per heavy atom. The van der Waals surface area contributed by atoms with Crippen molar-refractivity contribution in [2.75, 3.05) is 31.1 Å². The summed E-state index contributed by atoms with van der Waals surface area (Å²) >= 11 is 0. The first-order chi connectivity index (χ1) is 15.7. The fraction of sp³-hybridized carbons (Fsp3) is 0.231. The number of nitrogens with zero attached hydrogens (tertiary/aromatic N) is 4. The summed E-state index contributed by atoms with van der Waals surface area (Å²) in [5.41, 5.74) is 4.86. The van der Waals surface area contributed by atoms with Gasteiger partial charge in [-0.2, -0.15) is 0 Å². The van der Waals surface area contributed by atoms with Crippen molar-refractivity contribution < 1.29 is 9.53 Å². The van der Waals surface area contributed by atoms with E-state index < -0.39 is 0 Å². The maximum atomic E-state index is 13.1. The second-order valence-corrected chi connectivity index (χ2v) is 8.13. The van der Waals surface area contributed by atoms with Crippen molar-refractivity contribution in [1.29, 1.82) is 0 Å². The first-order valence-electron chi connectivity index (χ1n) is 10.9. The van der Waals surface area contributed by atoms with Gasteiger partial charge in [0, 0.05) is 49.8 Å². The smallest absolute Gasteiger partial charge is 0.254 e. The van der Waals surface area contributed by atoms with E-state index in [0.29, 0.717) is 31.0 Å². The van der Waals surface area contributed by atoms with Gasteiger partial charge in [-0.05, 0) is 55.0 Å². The highest BCUT2D eigenvalue weighted by Crippen LogP contribution is 2.20. The zero-order valence-corrected chi connectivity index (χ0v) is 18.1. The minimum absolute atomic E-state index is 0.0482. The van der Waals surface area contributed by atoms with E-state index in [9.17, 15) is 4.79 Å². The van der Waals surface area contributed by atoms with Gasteiger partial charge < -0.3 is 18.9 Å². The number of imidazole rings is 1. The first kappa shape index (κ1) is 20.1. The summed E-state index contributed by atoms with van der Waals surface area (Å²) in [5.74, 6) is 0.721. The highest BCUT2D eigenvalue weighted by molar-refractivity contribution is 5.94. The molecule has 2 aromatic carbocycles. The topological polar surface area (TPSA) is 50.1 Å². The number of anilines is 1. The van der Waals surface area contributed by atoms with Crippen LogP contribution in [0.5, 0.6) is 5.75 Å². The van der Waals surface area contributed by atoms with E-state index in [-0.39, 0.29) is 5.91 Å². The molecule has 4 aromatic rings. The zero-order chi connectivity index (χ0) is 21.9. The van der Waals surface area contributed by atoms with Crippen LogP contribution in [0.15, 0.2) is 79.1 Å². The summed E-state index contributed by atoms with van der Waals surface area (Å²) < 4.78 is 7.90. The second-order valence-electron chi connectivity index (χ2n) is 8.13. The van der Waals surface area contributed by atoms with E-state index in [0.717, 1.165) is 24.4 Å². The third-order valence-electron chi connectivity index (χ3n) is 5.82. The van der Waals surface area contributed by atoms with Gasteiger partial charge in [0.05, 0.1) is 5.69 Å².